The SMILES string of the molecule is Cc1cnn(C2CCCc3ccccc32)c1NC(=O)Cn1ccc2cc([N+](=O)[O-])ccc21. The molecule has 1 aliphatic carbocycles. The van der Waals surface area contributed by atoms with Crippen molar-refractivity contribution in [2.75, 3.05) is 5.32 Å². The number of nitro benzene ring substituents is 1. The summed E-state index contributed by atoms with van der Waals surface area (Å²) in [5.41, 5.74) is 4.32. The van der Waals surface area contributed by atoms with Crippen LogP contribution in [0.15, 0.2) is 60.9 Å². The van der Waals surface area contributed by atoms with E-state index in [0.29, 0.717) is 5.82 Å². The molecule has 0 saturated carbocycles. The van der Waals surface area contributed by atoms with Gasteiger partial charge in [-0.1, -0.05) is 24.3 Å². The predicted molar refractivity (Wildman–Crippen MR) is 122 cm³/mol. The number of aryl methyl sites for hydroxylation is 2. The van der Waals surface area contributed by atoms with Crippen LogP contribution < -0.4 is 5.32 Å². The van der Waals surface area contributed by atoms with E-state index >= 15 is 0 Å². The zero-order valence-electron chi connectivity index (χ0n) is 17.7. The molecule has 1 unspecified atom stereocenters. The monoisotopic (exact) mass is 429 g/mol. The van der Waals surface area contributed by atoms with Crippen LogP contribution in [0.25, 0.3) is 10.9 Å². The highest BCUT2D eigenvalue weighted by Gasteiger charge is 2.25. The molecule has 32 heavy (non-hydrogen) atoms. The van der Waals surface area contributed by atoms with Gasteiger partial charge < -0.3 is 9.88 Å². The summed E-state index contributed by atoms with van der Waals surface area (Å²) >= 11 is 0. The second kappa shape index (κ2) is 7.96. The molecule has 8 nitrogen and oxygen atoms in total. The van der Waals surface area contributed by atoms with Crippen LogP contribution in [0.2, 0.25) is 0 Å². The largest absolute Gasteiger partial charge is 0.338 e. The van der Waals surface area contributed by atoms with E-state index in [1.807, 2.05) is 17.7 Å². The van der Waals surface area contributed by atoms with Crippen molar-refractivity contribution in [1.82, 2.24) is 14.3 Å². The van der Waals surface area contributed by atoms with Crippen LogP contribution in [0.5, 0.6) is 0 Å². The Morgan fingerprint density at radius 1 is 1.25 bits per heavy atom. The molecule has 2 aromatic heterocycles. The molecule has 4 aromatic rings. The molecule has 1 atom stereocenters. The molecule has 1 aliphatic rings. The fourth-order valence-corrected chi connectivity index (χ4v) is 4.59. The molecule has 0 fully saturated rings. The van der Waals surface area contributed by atoms with Crippen LogP contribution in [0.3, 0.4) is 0 Å². The number of aromatic nitrogens is 3. The number of fused-ring (bicyclic) bond motifs is 2. The van der Waals surface area contributed by atoms with E-state index in [9.17, 15) is 14.9 Å². The van der Waals surface area contributed by atoms with Gasteiger partial charge in [-0.05, 0) is 49.4 Å². The minimum atomic E-state index is -0.420. The Kier molecular flexibility index (Phi) is 4.97. The second-order valence-electron chi connectivity index (χ2n) is 8.22. The van der Waals surface area contributed by atoms with Crippen molar-refractivity contribution in [3.8, 4) is 0 Å². The Bertz CT molecular complexity index is 1340. The van der Waals surface area contributed by atoms with Crippen molar-refractivity contribution in [3.05, 3.63) is 87.7 Å². The number of nitrogens with one attached hydrogen (secondary N) is 1. The summed E-state index contributed by atoms with van der Waals surface area (Å²) in [6.45, 7) is 2.05. The lowest BCUT2D eigenvalue weighted by atomic mass is 9.88. The van der Waals surface area contributed by atoms with E-state index < -0.39 is 4.92 Å². The van der Waals surface area contributed by atoms with Gasteiger partial charge in [0.05, 0.1) is 17.2 Å². The molecule has 2 aromatic carbocycles. The Hall–Kier alpha value is -3.94. The highest BCUT2D eigenvalue weighted by molar-refractivity contribution is 5.92. The van der Waals surface area contributed by atoms with Gasteiger partial charge in [0.15, 0.2) is 0 Å². The van der Waals surface area contributed by atoms with E-state index in [-0.39, 0.29) is 24.2 Å². The number of hydrogen-bond donors (Lipinski definition) is 1. The summed E-state index contributed by atoms with van der Waals surface area (Å²) in [5, 5.41) is 19.4. The number of rotatable bonds is 5. The molecule has 0 bridgehead atoms. The molecule has 162 valence electrons. The summed E-state index contributed by atoms with van der Waals surface area (Å²) in [7, 11) is 0. The van der Waals surface area contributed by atoms with Gasteiger partial charge in [0.2, 0.25) is 5.91 Å². The maximum atomic E-state index is 12.9. The first-order valence-corrected chi connectivity index (χ1v) is 10.7. The highest BCUT2D eigenvalue weighted by atomic mass is 16.6. The van der Waals surface area contributed by atoms with Crippen LogP contribution in [-0.2, 0) is 17.8 Å². The van der Waals surface area contributed by atoms with Gasteiger partial charge in [-0.25, -0.2) is 4.68 Å². The van der Waals surface area contributed by atoms with Gasteiger partial charge in [-0.15, -0.1) is 0 Å². The third kappa shape index (κ3) is 3.53. The van der Waals surface area contributed by atoms with Crippen molar-refractivity contribution in [2.24, 2.45) is 0 Å². The first-order chi connectivity index (χ1) is 15.5. The van der Waals surface area contributed by atoms with Crippen LogP contribution in [-0.4, -0.2) is 25.2 Å². The molecule has 5 rings (SSSR count). The number of amides is 1. The molecule has 0 saturated heterocycles. The van der Waals surface area contributed by atoms with Gasteiger partial charge in [-0.2, -0.15) is 5.10 Å². The van der Waals surface area contributed by atoms with Gasteiger partial charge >= 0.3 is 0 Å². The number of nitro groups is 1. The maximum absolute atomic E-state index is 12.9. The summed E-state index contributed by atoms with van der Waals surface area (Å²) in [6, 6.07) is 14.9. The molecule has 0 spiro atoms. The molecular formula is C24H23N5O3. The van der Waals surface area contributed by atoms with Crippen molar-refractivity contribution in [2.45, 2.75) is 38.8 Å². The van der Waals surface area contributed by atoms with Crippen LogP contribution in [0.1, 0.15) is 35.6 Å². The molecule has 1 N–H and O–H groups in total. The smallest absolute Gasteiger partial charge is 0.270 e. The lowest BCUT2D eigenvalue weighted by Gasteiger charge is -2.27. The summed E-state index contributed by atoms with van der Waals surface area (Å²) in [6.07, 6.45) is 6.68. The lowest BCUT2D eigenvalue weighted by molar-refractivity contribution is -0.384. The second-order valence-corrected chi connectivity index (χ2v) is 8.22. The highest BCUT2D eigenvalue weighted by Crippen LogP contribution is 2.35. The maximum Gasteiger partial charge on any atom is 0.270 e. The van der Waals surface area contributed by atoms with Gasteiger partial charge in [0.25, 0.3) is 5.69 Å². The lowest BCUT2D eigenvalue weighted by Crippen LogP contribution is -2.24. The minimum Gasteiger partial charge on any atom is -0.338 e. The number of carbonyl (C=O) groups excluding carboxylic acids is 1. The third-order valence-electron chi connectivity index (χ3n) is 6.15. The molecule has 1 amide bonds. The number of non-ortho nitro benzene ring substituents is 1. The van der Waals surface area contributed by atoms with E-state index in [1.54, 1.807) is 29.1 Å². The molecule has 0 radical (unpaired) electrons. The number of anilines is 1. The molecule has 2 heterocycles. The third-order valence-corrected chi connectivity index (χ3v) is 6.15. The molecule has 8 heteroatoms. The number of hydrogen-bond acceptors (Lipinski definition) is 4. The summed E-state index contributed by atoms with van der Waals surface area (Å²) < 4.78 is 3.72. The van der Waals surface area contributed by atoms with E-state index in [4.69, 9.17) is 0 Å². The van der Waals surface area contributed by atoms with Crippen molar-refractivity contribution in [3.63, 3.8) is 0 Å². The Labute approximate surface area is 184 Å². The van der Waals surface area contributed by atoms with Crippen LogP contribution in [0, 0.1) is 17.0 Å². The first kappa shape index (κ1) is 20.0. The number of carbonyl (C=O) groups is 1. The molecule has 0 aliphatic heterocycles. The summed E-state index contributed by atoms with van der Waals surface area (Å²) in [5.74, 6) is 0.540. The zero-order valence-corrected chi connectivity index (χ0v) is 17.7. The standard InChI is InChI=1S/C24H23N5O3/c1-16-14-25-28(22-8-4-6-17-5-2-3-7-20(17)22)24(16)26-23(30)15-27-12-11-18-13-19(29(31)32)9-10-21(18)27/h2-3,5,7,9-14,22H,4,6,8,15H2,1H3,(H,26,30). The Morgan fingerprint density at radius 2 is 2.09 bits per heavy atom. The quantitative estimate of drug-likeness (QED) is 0.370. The van der Waals surface area contributed by atoms with Crippen LogP contribution >= 0.6 is 0 Å². The fourth-order valence-electron chi connectivity index (χ4n) is 4.59. The van der Waals surface area contributed by atoms with Crippen molar-refractivity contribution < 1.29 is 9.72 Å². The average molecular weight is 429 g/mol. The van der Waals surface area contributed by atoms with E-state index in [1.165, 1.54) is 23.3 Å². The average Bonchev–Trinajstić information content (AvgIpc) is 3.36. The fraction of sp³-hybridized carbons (Fsp3) is 0.250. The van der Waals surface area contributed by atoms with Crippen molar-refractivity contribution in [1.29, 1.82) is 0 Å². The first-order valence-electron chi connectivity index (χ1n) is 10.7. The van der Waals surface area contributed by atoms with Gasteiger partial charge in [0, 0.05) is 34.8 Å². The minimum absolute atomic E-state index is 0.0343. The van der Waals surface area contributed by atoms with E-state index in [2.05, 4.69) is 28.6 Å². The van der Waals surface area contributed by atoms with Gasteiger partial charge in [0.1, 0.15) is 12.4 Å². The Morgan fingerprint density at radius 3 is 2.94 bits per heavy atom. The van der Waals surface area contributed by atoms with E-state index in [0.717, 1.165) is 35.7 Å². The normalized spacial score (nSPS) is 15.5. The van der Waals surface area contributed by atoms with Crippen molar-refractivity contribution >= 4 is 28.3 Å². The predicted octanol–water partition coefficient (Wildman–Crippen LogP) is 4.62. The topological polar surface area (TPSA) is 95.0 Å². The number of benzene rings is 2. The molecular weight excluding hydrogens is 406 g/mol. The Balaban J connectivity index is 1.39. The number of nitrogens with zero attached hydrogens (tertiary/aromatic N) is 4. The van der Waals surface area contributed by atoms with Crippen LogP contribution in [0.4, 0.5) is 11.5 Å². The van der Waals surface area contributed by atoms with Gasteiger partial charge in [-0.3, -0.25) is 14.9 Å². The summed E-state index contributed by atoms with van der Waals surface area (Å²) in [4.78, 5) is 23.5. The zero-order chi connectivity index (χ0) is 22.2.